The standard InChI is InChI=1S/C11H21NO3/c1-3-12-10(11(13)15-4-2)9-5-7-14-8-6-9/h9-10,12H,3-8H2,1-2H3. The van der Waals surface area contributed by atoms with Crippen molar-refractivity contribution in [2.75, 3.05) is 26.4 Å². The summed E-state index contributed by atoms with van der Waals surface area (Å²) in [4.78, 5) is 11.7. The number of carbonyl (C=O) groups excluding carboxylic acids is 1. The number of nitrogens with one attached hydrogen (secondary N) is 1. The SMILES string of the molecule is CCNC(C(=O)OCC)C1CCOCC1. The number of carbonyl (C=O) groups is 1. The zero-order valence-corrected chi connectivity index (χ0v) is 9.62. The van der Waals surface area contributed by atoms with Crippen molar-refractivity contribution in [3.8, 4) is 0 Å². The fourth-order valence-electron chi connectivity index (χ4n) is 1.94. The smallest absolute Gasteiger partial charge is 0.323 e. The average Bonchev–Trinajstić information content (AvgIpc) is 2.27. The summed E-state index contributed by atoms with van der Waals surface area (Å²) in [6, 6.07) is -0.154. The van der Waals surface area contributed by atoms with Crippen LogP contribution >= 0.6 is 0 Å². The molecular weight excluding hydrogens is 194 g/mol. The molecule has 0 aliphatic carbocycles. The Balaban J connectivity index is 2.50. The molecule has 4 heteroatoms. The van der Waals surface area contributed by atoms with E-state index in [2.05, 4.69) is 5.32 Å². The summed E-state index contributed by atoms with van der Waals surface area (Å²) < 4.78 is 10.4. The van der Waals surface area contributed by atoms with Crippen LogP contribution in [-0.2, 0) is 14.3 Å². The van der Waals surface area contributed by atoms with Crippen molar-refractivity contribution in [2.24, 2.45) is 5.92 Å². The lowest BCUT2D eigenvalue weighted by molar-refractivity contribution is -0.148. The quantitative estimate of drug-likeness (QED) is 0.694. The number of hydrogen-bond donors (Lipinski definition) is 1. The van der Waals surface area contributed by atoms with Crippen molar-refractivity contribution in [1.82, 2.24) is 5.32 Å². The number of ether oxygens (including phenoxy) is 2. The molecule has 1 fully saturated rings. The van der Waals surface area contributed by atoms with Gasteiger partial charge in [0.15, 0.2) is 0 Å². The molecule has 4 nitrogen and oxygen atoms in total. The van der Waals surface area contributed by atoms with Gasteiger partial charge in [-0.2, -0.15) is 0 Å². The fourth-order valence-corrected chi connectivity index (χ4v) is 1.94. The summed E-state index contributed by atoms with van der Waals surface area (Å²) in [6.07, 6.45) is 1.88. The van der Waals surface area contributed by atoms with Crippen LogP contribution in [0.1, 0.15) is 26.7 Å². The van der Waals surface area contributed by atoms with Gasteiger partial charge in [-0.15, -0.1) is 0 Å². The molecule has 1 unspecified atom stereocenters. The molecule has 1 aliphatic heterocycles. The van der Waals surface area contributed by atoms with Crippen molar-refractivity contribution in [2.45, 2.75) is 32.7 Å². The lowest BCUT2D eigenvalue weighted by Crippen LogP contribution is -2.45. The predicted octanol–water partition coefficient (Wildman–Crippen LogP) is 0.954. The maximum atomic E-state index is 11.7. The Morgan fingerprint density at radius 3 is 2.67 bits per heavy atom. The van der Waals surface area contributed by atoms with Gasteiger partial charge in [0.05, 0.1) is 6.61 Å². The molecule has 1 rings (SSSR count). The summed E-state index contributed by atoms with van der Waals surface area (Å²) >= 11 is 0. The zero-order chi connectivity index (χ0) is 11.1. The van der Waals surface area contributed by atoms with E-state index >= 15 is 0 Å². The Morgan fingerprint density at radius 2 is 2.13 bits per heavy atom. The fraction of sp³-hybridized carbons (Fsp3) is 0.909. The van der Waals surface area contributed by atoms with E-state index in [0.29, 0.717) is 12.5 Å². The highest BCUT2D eigenvalue weighted by molar-refractivity contribution is 5.76. The Kier molecular flexibility index (Phi) is 5.65. The maximum absolute atomic E-state index is 11.7. The molecule has 1 saturated heterocycles. The molecule has 1 atom stereocenters. The highest BCUT2D eigenvalue weighted by atomic mass is 16.5. The van der Waals surface area contributed by atoms with Crippen molar-refractivity contribution in [3.05, 3.63) is 0 Å². The molecule has 0 saturated carbocycles. The van der Waals surface area contributed by atoms with Gasteiger partial charge in [0.1, 0.15) is 6.04 Å². The van der Waals surface area contributed by atoms with Crippen LogP contribution in [0.25, 0.3) is 0 Å². The van der Waals surface area contributed by atoms with Gasteiger partial charge >= 0.3 is 5.97 Å². The Morgan fingerprint density at radius 1 is 1.47 bits per heavy atom. The van der Waals surface area contributed by atoms with Crippen LogP contribution in [0.4, 0.5) is 0 Å². The molecule has 0 aromatic carbocycles. The first-order chi connectivity index (χ1) is 7.29. The molecule has 88 valence electrons. The molecule has 0 radical (unpaired) electrons. The van der Waals surface area contributed by atoms with Gasteiger partial charge in [-0.25, -0.2) is 0 Å². The molecule has 1 heterocycles. The summed E-state index contributed by atoms with van der Waals surface area (Å²) in [5, 5.41) is 3.21. The van der Waals surface area contributed by atoms with E-state index in [1.165, 1.54) is 0 Å². The minimum atomic E-state index is -0.154. The first-order valence-electron chi connectivity index (χ1n) is 5.77. The van der Waals surface area contributed by atoms with E-state index in [9.17, 15) is 4.79 Å². The van der Waals surface area contributed by atoms with Crippen LogP contribution in [0.5, 0.6) is 0 Å². The van der Waals surface area contributed by atoms with E-state index in [4.69, 9.17) is 9.47 Å². The summed E-state index contributed by atoms with van der Waals surface area (Å²) in [6.45, 7) is 6.60. The van der Waals surface area contributed by atoms with Crippen molar-refractivity contribution >= 4 is 5.97 Å². The van der Waals surface area contributed by atoms with E-state index in [1.807, 2.05) is 13.8 Å². The second-order valence-corrected chi connectivity index (χ2v) is 3.74. The molecule has 0 bridgehead atoms. The lowest BCUT2D eigenvalue weighted by atomic mass is 9.92. The van der Waals surface area contributed by atoms with Crippen LogP contribution in [0.2, 0.25) is 0 Å². The molecule has 0 aromatic rings. The summed E-state index contributed by atoms with van der Waals surface area (Å²) in [7, 11) is 0. The molecule has 1 N–H and O–H groups in total. The van der Waals surface area contributed by atoms with Crippen molar-refractivity contribution in [3.63, 3.8) is 0 Å². The predicted molar refractivity (Wildman–Crippen MR) is 57.6 cm³/mol. The monoisotopic (exact) mass is 215 g/mol. The maximum Gasteiger partial charge on any atom is 0.323 e. The summed E-state index contributed by atoms with van der Waals surface area (Å²) in [5.41, 5.74) is 0. The second-order valence-electron chi connectivity index (χ2n) is 3.74. The van der Waals surface area contributed by atoms with Gasteiger partial charge in [-0.3, -0.25) is 4.79 Å². The van der Waals surface area contributed by atoms with Gasteiger partial charge in [0.2, 0.25) is 0 Å². The van der Waals surface area contributed by atoms with E-state index in [0.717, 1.165) is 32.6 Å². The summed E-state index contributed by atoms with van der Waals surface area (Å²) in [5.74, 6) is 0.240. The Hall–Kier alpha value is -0.610. The number of rotatable bonds is 5. The van der Waals surface area contributed by atoms with Crippen LogP contribution in [0, 0.1) is 5.92 Å². The third-order valence-corrected chi connectivity index (χ3v) is 2.70. The van der Waals surface area contributed by atoms with Crippen LogP contribution in [0.3, 0.4) is 0 Å². The normalized spacial score (nSPS) is 19.9. The minimum Gasteiger partial charge on any atom is -0.465 e. The van der Waals surface area contributed by atoms with Gasteiger partial charge < -0.3 is 14.8 Å². The zero-order valence-electron chi connectivity index (χ0n) is 9.62. The van der Waals surface area contributed by atoms with Gasteiger partial charge in [-0.05, 0) is 32.2 Å². The first kappa shape index (κ1) is 12.5. The third-order valence-electron chi connectivity index (χ3n) is 2.70. The van der Waals surface area contributed by atoms with Crippen molar-refractivity contribution < 1.29 is 14.3 Å². The van der Waals surface area contributed by atoms with Crippen LogP contribution < -0.4 is 5.32 Å². The van der Waals surface area contributed by atoms with Gasteiger partial charge in [0.25, 0.3) is 0 Å². The molecule has 0 amide bonds. The molecule has 15 heavy (non-hydrogen) atoms. The molecule has 1 aliphatic rings. The Labute approximate surface area is 91.3 Å². The molecule has 0 aromatic heterocycles. The van der Waals surface area contributed by atoms with Crippen LogP contribution in [0.15, 0.2) is 0 Å². The average molecular weight is 215 g/mol. The Bertz CT molecular complexity index is 190. The number of hydrogen-bond acceptors (Lipinski definition) is 4. The highest BCUT2D eigenvalue weighted by Gasteiger charge is 2.29. The molecular formula is C11H21NO3. The van der Waals surface area contributed by atoms with E-state index < -0.39 is 0 Å². The molecule has 0 spiro atoms. The van der Waals surface area contributed by atoms with Gasteiger partial charge in [-0.1, -0.05) is 6.92 Å². The van der Waals surface area contributed by atoms with E-state index in [-0.39, 0.29) is 12.0 Å². The highest BCUT2D eigenvalue weighted by Crippen LogP contribution is 2.19. The first-order valence-corrected chi connectivity index (χ1v) is 5.77. The largest absolute Gasteiger partial charge is 0.465 e. The van der Waals surface area contributed by atoms with Crippen molar-refractivity contribution in [1.29, 1.82) is 0 Å². The van der Waals surface area contributed by atoms with Gasteiger partial charge in [0, 0.05) is 13.2 Å². The minimum absolute atomic E-state index is 0.119. The lowest BCUT2D eigenvalue weighted by Gasteiger charge is -2.29. The number of esters is 1. The van der Waals surface area contributed by atoms with Crippen LogP contribution in [-0.4, -0.2) is 38.4 Å². The topological polar surface area (TPSA) is 47.6 Å². The second kappa shape index (κ2) is 6.80. The third kappa shape index (κ3) is 3.80. The van der Waals surface area contributed by atoms with E-state index in [1.54, 1.807) is 0 Å². The number of likely N-dealkylation sites (N-methyl/N-ethyl adjacent to an activating group) is 1.